The van der Waals surface area contributed by atoms with Gasteiger partial charge in [0.2, 0.25) is 5.91 Å². The second kappa shape index (κ2) is 8.97. The Morgan fingerprint density at radius 3 is 2.18 bits per heavy atom. The number of amides is 4. The van der Waals surface area contributed by atoms with E-state index in [1.807, 2.05) is 66.7 Å². The Hall–Kier alpha value is -4.44. The highest BCUT2D eigenvalue weighted by Gasteiger charge is 2.49. The van der Waals surface area contributed by atoms with Crippen LogP contribution in [0.2, 0.25) is 0 Å². The summed E-state index contributed by atoms with van der Waals surface area (Å²) in [6.07, 6.45) is 0. The summed E-state index contributed by atoms with van der Waals surface area (Å²) < 4.78 is 0. The minimum atomic E-state index is -1.32. The van der Waals surface area contributed by atoms with Crippen LogP contribution in [0.1, 0.15) is 23.6 Å². The number of benzene rings is 3. The molecule has 1 atom stereocenters. The van der Waals surface area contributed by atoms with Crippen molar-refractivity contribution in [3.63, 3.8) is 0 Å². The largest absolute Gasteiger partial charge is 0.325 e. The summed E-state index contributed by atoms with van der Waals surface area (Å²) in [4.78, 5) is 41.8. The zero-order valence-corrected chi connectivity index (χ0v) is 18.1. The molecule has 0 radical (unpaired) electrons. The van der Waals surface area contributed by atoms with Gasteiger partial charge in [-0.05, 0) is 42.3 Å². The third-order valence-electron chi connectivity index (χ3n) is 5.71. The lowest BCUT2D eigenvalue weighted by atomic mass is 9.91. The topological polar surface area (TPSA) is 93.5 Å². The third-order valence-corrected chi connectivity index (χ3v) is 5.71. The number of carbonyl (C=O) groups is 3. The number of para-hydroxylation sites is 1. The number of nitrogens with zero attached hydrogens (tertiary/aromatic N) is 3. The molecule has 0 saturated carbocycles. The van der Waals surface area contributed by atoms with Crippen molar-refractivity contribution in [2.45, 2.75) is 19.0 Å². The van der Waals surface area contributed by atoms with Gasteiger partial charge in [0.15, 0.2) is 0 Å². The SMILES string of the molecule is CC1(c2ccc(C#N)cc2)NC(=O)N(CC(=O)N(Cc2ccccc2)c2ccccc2)C1=O. The fraction of sp³-hybridized carbons (Fsp3) is 0.154. The molecule has 0 spiro atoms. The lowest BCUT2D eigenvalue weighted by molar-refractivity contribution is -0.134. The maximum Gasteiger partial charge on any atom is 0.325 e. The van der Waals surface area contributed by atoms with Crippen LogP contribution < -0.4 is 10.2 Å². The molecule has 1 aliphatic rings. The molecule has 0 bridgehead atoms. The molecule has 3 aromatic carbocycles. The van der Waals surface area contributed by atoms with E-state index in [9.17, 15) is 14.4 Å². The predicted octanol–water partition coefficient (Wildman–Crippen LogP) is 3.56. The lowest BCUT2D eigenvalue weighted by Gasteiger charge is -2.26. The Balaban J connectivity index is 1.58. The Kier molecular flexibility index (Phi) is 5.92. The molecule has 33 heavy (non-hydrogen) atoms. The minimum absolute atomic E-state index is 0.306. The van der Waals surface area contributed by atoms with Gasteiger partial charge in [0, 0.05) is 5.69 Å². The van der Waals surface area contributed by atoms with Crippen LogP contribution in [0.25, 0.3) is 0 Å². The van der Waals surface area contributed by atoms with Gasteiger partial charge in [-0.15, -0.1) is 0 Å². The van der Waals surface area contributed by atoms with Crippen LogP contribution in [0, 0.1) is 11.3 Å². The van der Waals surface area contributed by atoms with Crippen molar-refractivity contribution >= 4 is 23.5 Å². The van der Waals surface area contributed by atoms with E-state index in [1.54, 1.807) is 36.1 Å². The van der Waals surface area contributed by atoms with Gasteiger partial charge in [-0.25, -0.2) is 4.79 Å². The van der Waals surface area contributed by atoms with Crippen LogP contribution in [0.5, 0.6) is 0 Å². The summed E-state index contributed by atoms with van der Waals surface area (Å²) in [5.74, 6) is -0.893. The zero-order chi connectivity index (χ0) is 23.4. The molecule has 0 aliphatic carbocycles. The number of urea groups is 1. The summed E-state index contributed by atoms with van der Waals surface area (Å²) in [7, 11) is 0. The molecule has 3 aromatic rings. The Labute approximate surface area is 191 Å². The number of nitriles is 1. The van der Waals surface area contributed by atoms with Crippen molar-refractivity contribution in [2.24, 2.45) is 0 Å². The molecule has 4 amide bonds. The monoisotopic (exact) mass is 438 g/mol. The first-order chi connectivity index (χ1) is 15.9. The molecule has 1 saturated heterocycles. The highest BCUT2D eigenvalue weighted by atomic mass is 16.2. The number of rotatable bonds is 6. The molecule has 0 aromatic heterocycles. The van der Waals surface area contributed by atoms with Crippen molar-refractivity contribution in [2.75, 3.05) is 11.4 Å². The van der Waals surface area contributed by atoms with Gasteiger partial charge in [-0.2, -0.15) is 5.26 Å². The maximum absolute atomic E-state index is 13.3. The van der Waals surface area contributed by atoms with Gasteiger partial charge in [-0.1, -0.05) is 60.7 Å². The summed E-state index contributed by atoms with van der Waals surface area (Å²) in [6.45, 7) is 1.51. The molecular weight excluding hydrogens is 416 g/mol. The van der Waals surface area contributed by atoms with Gasteiger partial charge in [-0.3, -0.25) is 14.5 Å². The molecule has 4 rings (SSSR count). The Morgan fingerprint density at radius 2 is 1.58 bits per heavy atom. The van der Waals surface area contributed by atoms with Crippen molar-refractivity contribution in [3.05, 3.63) is 102 Å². The van der Waals surface area contributed by atoms with Crippen LogP contribution in [-0.4, -0.2) is 29.3 Å². The van der Waals surface area contributed by atoms with E-state index in [0.717, 1.165) is 10.5 Å². The van der Waals surface area contributed by atoms with E-state index < -0.39 is 24.0 Å². The van der Waals surface area contributed by atoms with E-state index in [4.69, 9.17) is 5.26 Å². The number of nitrogens with one attached hydrogen (secondary N) is 1. The quantitative estimate of drug-likeness (QED) is 0.596. The van der Waals surface area contributed by atoms with Crippen LogP contribution in [0.4, 0.5) is 10.5 Å². The molecule has 7 heteroatoms. The maximum atomic E-state index is 13.3. The highest BCUT2D eigenvalue weighted by molar-refractivity contribution is 6.10. The first-order valence-electron chi connectivity index (χ1n) is 10.5. The Morgan fingerprint density at radius 1 is 0.970 bits per heavy atom. The molecule has 1 unspecified atom stereocenters. The first kappa shape index (κ1) is 21.8. The number of hydrogen-bond acceptors (Lipinski definition) is 4. The fourth-order valence-corrected chi connectivity index (χ4v) is 3.83. The van der Waals surface area contributed by atoms with Gasteiger partial charge in [0.05, 0.1) is 18.2 Å². The van der Waals surface area contributed by atoms with Crippen molar-refractivity contribution in [3.8, 4) is 6.07 Å². The van der Waals surface area contributed by atoms with E-state index >= 15 is 0 Å². The average molecular weight is 438 g/mol. The number of imide groups is 1. The lowest BCUT2D eigenvalue weighted by Crippen LogP contribution is -2.44. The molecular formula is C26H22N4O3. The van der Waals surface area contributed by atoms with Gasteiger partial charge in [0.1, 0.15) is 12.1 Å². The highest BCUT2D eigenvalue weighted by Crippen LogP contribution is 2.29. The molecule has 1 heterocycles. The van der Waals surface area contributed by atoms with Gasteiger partial charge in [0.25, 0.3) is 5.91 Å². The van der Waals surface area contributed by atoms with E-state index in [2.05, 4.69) is 5.32 Å². The fourth-order valence-electron chi connectivity index (χ4n) is 3.83. The predicted molar refractivity (Wildman–Crippen MR) is 123 cm³/mol. The minimum Gasteiger partial charge on any atom is -0.319 e. The van der Waals surface area contributed by atoms with Crippen molar-refractivity contribution in [1.82, 2.24) is 10.2 Å². The summed E-state index contributed by atoms with van der Waals surface area (Å²) in [5, 5.41) is 11.7. The summed E-state index contributed by atoms with van der Waals surface area (Å²) >= 11 is 0. The van der Waals surface area contributed by atoms with Crippen molar-refractivity contribution in [1.29, 1.82) is 5.26 Å². The number of anilines is 1. The average Bonchev–Trinajstić information content (AvgIpc) is 3.07. The van der Waals surface area contributed by atoms with E-state index in [0.29, 0.717) is 23.4 Å². The van der Waals surface area contributed by atoms with Crippen LogP contribution in [0.3, 0.4) is 0 Å². The van der Waals surface area contributed by atoms with Crippen LogP contribution in [0.15, 0.2) is 84.9 Å². The molecule has 1 aliphatic heterocycles. The normalized spacial score (nSPS) is 17.4. The zero-order valence-electron chi connectivity index (χ0n) is 18.1. The number of carbonyl (C=O) groups excluding carboxylic acids is 3. The van der Waals surface area contributed by atoms with Crippen LogP contribution >= 0.6 is 0 Å². The van der Waals surface area contributed by atoms with Crippen LogP contribution in [-0.2, 0) is 21.7 Å². The van der Waals surface area contributed by atoms with E-state index in [1.165, 1.54) is 0 Å². The summed E-state index contributed by atoms with van der Waals surface area (Å²) in [5.41, 5.74) is 1.27. The second-order valence-corrected chi connectivity index (χ2v) is 7.94. The standard InChI is InChI=1S/C26H22N4O3/c1-26(21-14-12-19(16-27)13-15-21)24(32)30(25(33)28-26)18-23(31)29(22-10-6-3-7-11-22)17-20-8-4-2-5-9-20/h2-15H,17-18H2,1H3,(H,28,33). The smallest absolute Gasteiger partial charge is 0.319 e. The molecule has 1 N–H and O–H groups in total. The van der Waals surface area contributed by atoms with Gasteiger partial charge >= 0.3 is 6.03 Å². The van der Waals surface area contributed by atoms with E-state index in [-0.39, 0.29) is 5.91 Å². The van der Waals surface area contributed by atoms with Crippen molar-refractivity contribution < 1.29 is 14.4 Å². The molecule has 1 fully saturated rings. The Bertz CT molecular complexity index is 1220. The molecule has 164 valence electrons. The first-order valence-corrected chi connectivity index (χ1v) is 10.5. The summed E-state index contributed by atoms with van der Waals surface area (Å²) in [6, 6.07) is 26.5. The second-order valence-electron chi connectivity index (χ2n) is 7.94. The third kappa shape index (κ3) is 4.32. The molecule has 7 nitrogen and oxygen atoms in total. The van der Waals surface area contributed by atoms with Gasteiger partial charge < -0.3 is 10.2 Å². The number of hydrogen-bond donors (Lipinski definition) is 1.